The maximum atomic E-state index is 9.48. The standard InChI is InChI=1S/C11H22N4O2/c1-3-8(4-2)11-10(5-12)13-14-15(11)6-9(17)7-16/h8-9,16-17H,3-7,12H2,1-2H3. The minimum atomic E-state index is -0.810. The molecule has 0 spiro atoms. The van der Waals surface area contributed by atoms with Gasteiger partial charge in [0.25, 0.3) is 0 Å². The lowest BCUT2D eigenvalue weighted by Crippen LogP contribution is -2.23. The first-order valence-electron chi connectivity index (χ1n) is 6.09. The third-order valence-corrected chi connectivity index (χ3v) is 3.01. The molecule has 4 N–H and O–H groups in total. The van der Waals surface area contributed by atoms with E-state index in [0.717, 1.165) is 24.2 Å². The molecule has 6 heteroatoms. The van der Waals surface area contributed by atoms with Crippen LogP contribution in [0.15, 0.2) is 0 Å². The molecule has 0 aliphatic heterocycles. The second kappa shape index (κ2) is 6.68. The van der Waals surface area contributed by atoms with E-state index in [1.807, 2.05) is 0 Å². The number of hydrogen-bond donors (Lipinski definition) is 3. The predicted molar refractivity (Wildman–Crippen MR) is 64.3 cm³/mol. The fraction of sp³-hybridized carbons (Fsp3) is 0.818. The molecule has 0 amide bonds. The third-order valence-electron chi connectivity index (χ3n) is 3.01. The summed E-state index contributed by atoms with van der Waals surface area (Å²) in [5, 5.41) is 26.4. The van der Waals surface area contributed by atoms with E-state index in [4.69, 9.17) is 10.8 Å². The molecule has 1 heterocycles. The first-order chi connectivity index (χ1) is 8.17. The summed E-state index contributed by atoms with van der Waals surface area (Å²) < 4.78 is 1.67. The Kier molecular flexibility index (Phi) is 5.54. The van der Waals surface area contributed by atoms with Crippen molar-refractivity contribution < 1.29 is 10.2 Å². The molecule has 1 aromatic rings. The molecule has 0 bridgehead atoms. The summed E-state index contributed by atoms with van der Waals surface area (Å²) in [4.78, 5) is 0. The fourth-order valence-electron chi connectivity index (χ4n) is 2.02. The van der Waals surface area contributed by atoms with Crippen molar-refractivity contribution in [3.05, 3.63) is 11.4 Å². The highest BCUT2D eigenvalue weighted by Gasteiger charge is 2.20. The molecule has 0 saturated heterocycles. The van der Waals surface area contributed by atoms with Crippen LogP contribution in [0.1, 0.15) is 44.0 Å². The molecular formula is C11H22N4O2. The third kappa shape index (κ3) is 3.24. The van der Waals surface area contributed by atoms with Crippen LogP contribution in [0.5, 0.6) is 0 Å². The molecule has 17 heavy (non-hydrogen) atoms. The van der Waals surface area contributed by atoms with Crippen LogP contribution in [0.2, 0.25) is 0 Å². The molecule has 0 radical (unpaired) electrons. The monoisotopic (exact) mass is 242 g/mol. The number of rotatable bonds is 7. The van der Waals surface area contributed by atoms with Crippen LogP contribution in [0.3, 0.4) is 0 Å². The number of aliphatic hydroxyl groups is 2. The van der Waals surface area contributed by atoms with E-state index in [9.17, 15) is 5.11 Å². The van der Waals surface area contributed by atoms with Gasteiger partial charge in [0, 0.05) is 12.5 Å². The van der Waals surface area contributed by atoms with Crippen LogP contribution in [-0.4, -0.2) is 37.9 Å². The molecule has 98 valence electrons. The topological polar surface area (TPSA) is 97.2 Å². The SMILES string of the molecule is CCC(CC)c1c(CN)nnn1CC(O)CO. The molecular weight excluding hydrogens is 220 g/mol. The second-order valence-corrected chi connectivity index (χ2v) is 4.16. The zero-order valence-corrected chi connectivity index (χ0v) is 10.5. The van der Waals surface area contributed by atoms with Gasteiger partial charge >= 0.3 is 0 Å². The van der Waals surface area contributed by atoms with Gasteiger partial charge in [0.05, 0.1) is 30.6 Å². The maximum absolute atomic E-state index is 9.48. The van der Waals surface area contributed by atoms with Crippen LogP contribution in [0.4, 0.5) is 0 Å². The number of nitrogens with zero attached hydrogens (tertiary/aromatic N) is 3. The Hall–Kier alpha value is -0.980. The molecule has 0 aromatic carbocycles. The molecule has 1 unspecified atom stereocenters. The number of nitrogens with two attached hydrogens (primary N) is 1. The highest BCUT2D eigenvalue weighted by atomic mass is 16.3. The van der Waals surface area contributed by atoms with Crippen LogP contribution >= 0.6 is 0 Å². The zero-order chi connectivity index (χ0) is 12.8. The molecule has 1 rings (SSSR count). The molecule has 1 aromatic heterocycles. The van der Waals surface area contributed by atoms with Gasteiger partial charge in [-0.15, -0.1) is 5.10 Å². The van der Waals surface area contributed by atoms with Gasteiger partial charge in [0.2, 0.25) is 0 Å². The van der Waals surface area contributed by atoms with Gasteiger partial charge in [-0.1, -0.05) is 19.1 Å². The van der Waals surface area contributed by atoms with Crippen molar-refractivity contribution in [3.63, 3.8) is 0 Å². The van der Waals surface area contributed by atoms with E-state index >= 15 is 0 Å². The molecule has 0 saturated carbocycles. The first-order valence-corrected chi connectivity index (χ1v) is 6.09. The van der Waals surface area contributed by atoms with Gasteiger partial charge in [-0.05, 0) is 12.8 Å². The average Bonchev–Trinajstić information content (AvgIpc) is 2.74. The molecule has 6 nitrogen and oxygen atoms in total. The molecule has 1 atom stereocenters. The Morgan fingerprint density at radius 3 is 2.47 bits per heavy atom. The number of aliphatic hydroxyl groups excluding tert-OH is 2. The van der Waals surface area contributed by atoms with Crippen LogP contribution < -0.4 is 5.73 Å². The summed E-state index contributed by atoms with van der Waals surface area (Å²) in [6.07, 6.45) is 1.15. The smallest absolute Gasteiger partial charge is 0.0997 e. The van der Waals surface area contributed by atoms with E-state index in [2.05, 4.69) is 24.2 Å². The summed E-state index contributed by atoms with van der Waals surface area (Å²) >= 11 is 0. The maximum Gasteiger partial charge on any atom is 0.0997 e. The summed E-state index contributed by atoms with van der Waals surface area (Å²) in [5.41, 5.74) is 7.42. The second-order valence-electron chi connectivity index (χ2n) is 4.16. The quantitative estimate of drug-likeness (QED) is 0.625. The molecule has 0 fully saturated rings. The number of hydrogen-bond acceptors (Lipinski definition) is 5. The summed E-state index contributed by atoms with van der Waals surface area (Å²) in [6.45, 7) is 4.54. The van der Waals surface area contributed by atoms with Crippen molar-refractivity contribution in [3.8, 4) is 0 Å². The largest absolute Gasteiger partial charge is 0.394 e. The Morgan fingerprint density at radius 2 is 2.00 bits per heavy atom. The van der Waals surface area contributed by atoms with E-state index in [0.29, 0.717) is 12.5 Å². The first kappa shape index (κ1) is 14.1. The van der Waals surface area contributed by atoms with Crippen LogP contribution in [0.25, 0.3) is 0 Å². The van der Waals surface area contributed by atoms with E-state index in [1.54, 1.807) is 4.68 Å². The number of aromatic nitrogens is 3. The van der Waals surface area contributed by atoms with E-state index in [-0.39, 0.29) is 13.2 Å². The van der Waals surface area contributed by atoms with E-state index < -0.39 is 6.10 Å². The Balaban J connectivity index is 3.00. The van der Waals surface area contributed by atoms with Crippen molar-refractivity contribution in [1.29, 1.82) is 0 Å². The normalized spacial score (nSPS) is 13.3. The average molecular weight is 242 g/mol. The lowest BCUT2D eigenvalue weighted by atomic mass is 9.97. The van der Waals surface area contributed by atoms with Gasteiger partial charge in [0.1, 0.15) is 0 Å². The molecule has 0 aliphatic rings. The van der Waals surface area contributed by atoms with Crippen LogP contribution in [0, 0.1) is 0 Å². The lowest BCUT2D eigenvalue weighted by molar-refractivity contribution is 0.0766. The van der Waals surface area contributed by atoms with E-state index in [1.165, 1.54) is 0 Å². The Morgan fingerprint density at radius 1 is 1.35 bits per heavy atom. The predicted octanol–water partition coefficient (Wildman–Crippen LogP) is -0.00640. The summed E-state index contributed by atoms with van der Waals surface area (Å²) in [7, 11) is 0. The van der Waals surface area contributed by atoms with Crippen molar-refractivity contribution in [2.75, 3.05) is 6.61 Å². The van der Waals surface area contributed by atoms with Crippen LogP contribution in [-0.2, 0) is 13.1 Å². The van der Waals surface area contributed by atoms with Gasteiger partial charge in [-0.2, -0.15) is 0 Å². The van der Waals surface area contributed by atoms with Crippen molar-refractivity contribution in [2.45, 2.75) is 51.8 Å². The highest BCUT2D eigenvalue weighted by Crippen LogP contribution is 2.25. The summed E-state index contributed by atoms with van der Waals surface area (Å²) in [6, 6.07) is 0. The van der Waals surface area contributed by atoms with Crippen molar-refractivity contribution in [2.24, 2.45) is 5.73 Å². The van der Waals surface area contributed by atoms with Gasteiger partial charge in [-0.3, -0.25) is 0 Å². The highest BCUT2D eigenvalue weighted by molar-refractivity contribution is 5.15. The summed E-state index contributed by atoms with van der Waals surface area (Å²) in [5.74, 6) is 0.342. The van der Waals surface area contributed by atoms with Gasteiger partial charge in [-0.25, -0.2) is 4.68 Å². The van der Waals surface area contributed by atoms with Gasteiger partial charge < -0.3 is 15.9 Å². The Bertz CT molecular complexity index is 336. The minimum Gasteiger partial charge on any atom is -0.394 e. The zero-order valence-electron chi connectivity index (χ0n) is 10.5. The van der Waals surface area contributed by atoms with Crippen molar-refractivity contribution >= 4 is 0 Å². The molecule has 0 aliphatic carbocycles. The minimum absolute atomic E-state index is 0.259. The Labute approximate surface area is 101 Å². The van der Waals surface area contributed by atoms with Gasteiger partial charge in [0.15, 0.2) is 0 Å². The lowest BCUT2D eigenvalue weighted by Gasteiger charge is -2.17. The van der Waals surface area contributed by atoms with Crippen molar-refractivity contribution in [1.82, 2.24) is 15.0 Å². The fourth-order valence-corrected chi connectivity index (χ4v) is 2.02.